The molecule has 8 heteroatoms. The Hall–Kier alpha value is -1.96. The van der Waals surface area contributed by atoms with Crippen LogP contribution in [-0.2, 0) is 6.54 Å². The summed E-state index contributed by atoms with van der Waals surface area (Å²) in [6, 6.07) is 1.66. The van der Waals surface area contributed by atoms with E-state index in [1.54, 1.807) is 0 Å². The highest BCUT2D eigenvalue weighted by Gasteiger charge is 2.15. The van der Waals surface area contributed by atoms with E-state index in [0.29, 0.717) is 6.54 Å². The maximum atomic E-state index is 13.0. The average Bonchev–Trinajstić information content (AvgIpc) is 2.74. The Bertz CT molecular complexity index is 516. The van der Waals surface area contributed by atoms with Gasteiger partial charge in [0.15, 0.2) is 23.3 Å². The van der Waals surface area contributed by atoms with Crippen LogP contribution in [0, 0.1) is 17.5 Å². The van der Waals surface area contributed by atoms with E-state index < -0.39 is 17.5 Å². The third-order valence-corrected chi connectivity index (χ3v) is 2.11. The van der Waals surface area contributed by atoms with Gasteiger partial charge in [-0.15, -0.1) is 5.10 Å². The molecule has 0 aliphatic rings. The van der Waals surface area contributed by atoms with Gasteiger partial charge in [0.1, 0.15) is 0 Å². The van der Waals surface area contributed by atoms with E-state index in [-0.39, 0.29) is 17.9 Å². The summed E-state index contributed by atoms with van der Waals surface area (Å²) in [7, 11) is 0. The molecule has 1 aromatic carbocycles. The fourth-order valence-electron chi connectivity index (χ4n) is 1.37. The van der Waals surface area contributed by atoms with E-state index in [1.807, 2.05) is 0 Å². The normalized spacial score (nSPS) is 10.8. The van der Waals surface area contributed by atoms with Crippen LogP contribution in [0.4, 0.5) is 13.2 Å². The summed E-state index contributed by atoms with van der Waals surface area (Å²) in [5.41, 5.74) is 5.38. The number of nitrogens with two attached hydrogens (primary N) is 1. The van der Waals surface area contributed by atoms with Crippen LogP contribution in [0.25, 0.3) is 11.4 Å². The number of hydrogen-bond acceptors (Lipinski definition) is 4. The van der Waals surface area contributed by atoms with Crippen molar-refractivity contribution in [1.29, 1.82) is 0 Å². The van der Waals surface area contributed by atoms with Crippen LogP contribution in [-0.4, -0.2) is 26.8 Å². The number of hydrogen-bond donors (Lipinski definition) is 1. The van der Waals surface area contributed by atoms with Crippen LogP contribution < -0.4 is 5.73 Å². The van der Waals surface area contributed by atoms with Crippen molar-refractivity contribution >= 4 is 0 Å². The van der Waals surface area contributed by atoms with Gasteiger partial charge in [0.2, 0.25) is 0 Å². The van der Waals surface area contributed by atoms with Crippen LogP contribution >= 0.6 is 0 Å². The van der Waals surface area contributed by atoms with E-state index in [4.69, 9.17) is 5.73 Å². The fraction of sp³-hybridized carbons (Fsp3) is 0.222. The van der Waals surface area contributed by atoms with E-state index in [9.17, 15) is 13.2 Å². The standard InChI is InChI=1S/C9H8F3N5/c10-6-3-5(4-7(11)8(6)12)9-14-15-16-17(9)2-1-13/h3-4H,1-2,13H2. The van der Waals surface area contributed by atoms with Gasteiger partial charge in [0.05, 0.1) is 6.54 Å². The summed E-state index contributed by atoms with van der Waals surface area (Å²) in [4.78, 5) is 0. The Morgan fingerprint density at radius 1 is 1.18 bits per heavy atom. The summed E-state index contributed by atoms with van der Waals surface area (Å²) in [5.74, 6) is -3.97. The van der Waals surface area contributed by atoms with E-state index in [0.717, 1.165) is 12.1 Å². The molecule has 1 aromatic heterocycles. The molecule has 2 aromatic rings. The number of nitrogens with zero attached hydrogens (tertiary/aromatic N) is 4. The Morgan fingerprint density at radius 2 is 1.82 bits per heavy atom. The zero-order valence-corrected chi connectivity index (χ0v) is 8.57. The van der Waals surface area contributed by atoms with Gasteiger partial charge in [-0.1, -0.05) is 0 Å². The lowest BCUT2D eigenvalue weighted by atomic mass is 10.2. The molecular formula is C9H8F3N5. The first-order chi connectivity index (χ1) is 8.13. The van der Waals surface area contributed by atoms with Gasteiger partial charge in [-0.2, -0.15) is 0 Å². The molecule has 1 heterocycles. The number of benzene rings is 1. The van der Waals surface area contributed by atoms with E-state index in [2.05, 4.69) is 15.5 Å². The van der Waals surface area contributed by atoms with Crippen LogP contribution in [0.5, 0.6) is 0 Å². The molecule has 0 fully saturated rings. The number of aromatic nitrogens is 4. The average molecular weight is 243 g/mol. The van der Waals surface area contributed by atoms with Gasteiger partial charge in [-0.3, -0.25) is 0 Å². The Kier molecular flexibility index (Phi) is 3.05. The molecule has 17 heavy (non-hydrogen) atoms. The summed E-state index contributed by atoms with van der Waals surface area (Å²) in [6.45, 7) is 0.563. The minimum Gasteiger partial charge on any atom is -0.329 e. The summed E-state index contributed by atoms with van der Waals surface area (Å²) < 4.78 is 40.1. The first kappa shape index (κ1) is 11.5. The lowest BCUT2D eigenvalue weighted by Crippen LogP contribution is -2.12. The third kappa shape index (κ3) is 2.11. The third-order valence-electron chi connectivity index (χ3n) is 2.11. The molecule has 0 atom stereocenters. The molecule has 0 bridgehead atoms. The smallest absolute Gasteiger partial charge is 0.194 e. The van der Waals surface area contributed by atoms with Crippen molar-refractivity contribution in [3.05, 3.63) is 29.6 Å². The lowest BCUT2D eigenvalue weighted by molar-refractivity contribution is 0.447. The Morgan fingerprint density at radius 3 is 2.41 bits per heavy atom. The predicted molar refractivity (Wildman–Crippen MR) is 52.2 cm³/mol. The molecule has 2 N–H and O–H groups in total. The van der Waals surface area contributed by atoms with Gasteiger partial charge in [-0.05, 0) is 22.6 Å². The SMILES string of the molecule is NCCn1nnnc1-c1cc(F)c(F)c(F)c1. The molecule has 90 valence electrons. The molecule has 0 spiro atoms. The minimum atomic E-state index is -1.52. The van der Waals surface area contributed by atoms with E-state index in [1.165, 1.54) is 4.68 Å². The molecule has 0 aliphatic carbocycles. The zero-order valence-electron chi connectivity index (χ0n) is 8.57. The lowest BCUT2D eigenvalue weighted by Gasteiger charge is -2.03. The van der Waals surface area contributed by atoms with Crippen molar-refractivity contribution in [3.8, 4) is 11.4 Å². The van der Waals surface area contributed by atoms with Crippen LogP contribution in [0.15, 0.2) is 12.1 Å². The van der Waals surface area contributed by atoms with Crippen LogP contribution in [0.2, 0.25) is 0 Å². The van der Waals surface area contributed by atoms with Gasteiger partial charge in [-0.25, -0.2) is 17.9 Å². The Labute approximate surface area is 94.0 Å². The van der Waals surface area contributed by atoms with Crippen molar-refractivity contribution in [2.24, 2.45) is 5.73 Å². The topological polar surface area (TPSA) is 69.6 Å². The number of tetrazole rings is 1. The van der Waals surface area contributed by atoms with Crippen molar-refractivity contribution < 1.29 is 13.2 Å². The van der Waals surface area contributed by atoms with Crippen LogP contribution in [0.3, 0.4) is 0 Å². The van der Waals surface area contributed by atoms with E-state index >= 15 is 0 Å². The largest absolute Gasteiger partial charge is 0.329 e. The summed E-state index contributed by atoms with van der Waals surface area (Å²) in [6.07, 6.45) is 0. The molecule has 0 radical (unpaired) electrons. The summed E-state index contributed by atoms with van der Waals surface area (Å²) >= 11 is 0. The molecular weight excluding hydrogens is 235 g/mol. The fourth-order valence-corrected chi connectivity index (χ4v) is 1.37. The number of rotatable bonds is 3. The zero-order chi connectivity index (χ0) is 12.4. The molecule has 0 unspecified atom stereocenters. The molecule has 5 nitrogen and oxygen atoms in total. The van der Waals surface area contributed by atoms with Crippen molar-refractivity contribution in [1.82, 2.24) is 20.2 Å². The first-order valence-corrected chi connectivity index (χ1v) is 4.74. The van der Waals surface area contributed by atoms with Gasteiger partial charge >= 0.3 is 0 Å². The molecule has 0 aliphatic heterocycles. The second-order valence-corrected chi connectivity index (χ2v) is 3.27. The van der Waals surface area contributed by atoms with Crippen molar-refractivity contribution in [2.45, 2.75) is 6.54 Å². The molecule has 0 saturated heterocycles. The molecule has 0 saturated carbocycles. The van der Waals surface area contributed by atoms with Gasteiger partial charge in [0.25, 0.3) is 0 Å². The second-order valence-electron chi connectivity index (χ2n) is 3.27. The molecule has 2 rings (SSSR count). The Balaban J connectivity index is 2.49. The minimum absolute atomic E-state index is 0.0554. The maximum Gasteiger partial charge on any atom is 0.194 e. The van der Waals surface area contributed by atoms with Crippen molar-refractivity contribution in [2.75, 3.05) is 6.54 Å². The first-order valence-electron chi connectivity index (χ1n) is 4.74. The van der Waals surface area contributed by atoms with Gasteiger partial charge in [0, 0.05) is 12.1 Å². The highest BCUT2D eigenvalue weighted by Crippen LogP contribution is 2.21. The van der Waals surface area contributed by atoms with Crippen molar-refractivity contribution in [3.63, 3.8) is 0 Å². The molecule has 0 amide bonds. The van der Waals surface area contributed by atoms with Crippen LogP contribution in [0.1, 0.15) is 0 Å². The summed E-state index contributed by atoms with van der Waals surface area (Å²) in [5, 5.41) is 10.6. The van der Waals surface area contributed by atoms with Gasteiger partial charge < -0.3 is 5.73 Å². The monoisotopic (exact) mass is 243 g/mol. The highest BCUT2D eigenvalue weighted by atomic mass is 19.2. The maximum absolute atomic E-state index is 13.0. The highest BCUT2D eigenvalue weighted by molar-refractivity contribution is 5.54. The second kappa shape index (κ2) is 4.50. The predicted octanol–water partition coefficient (Wildman–Crippen LogP) is 0.716. The quantitative estimate of drug-likeness (QED) is 0.806. The number of halogens is 3.